The third-order valence-corrected chi connectivity index (χ3v) is 4.30. The Bertz CT molecular complexity index is 1080. The molecular weight excluding hydrogens is 384 g/mol. The van der Waals surface area contributed by atoms with Gasteiger partial charge < -0.3 is 14.8 Å². The molecule has 0 fully saturated rings. The number of hydroxylamine groups is 1. The van der Waals surface area contributed by atoms with E-state index in [4.69, 9.17) is 9.62 Å². The fourth-order valence-electron chi connectivity index (χ4n) is 2.70. The fourth-order valence-corrected chi connectivity index (χ4v) is 2.70. The first-order valence-electron chi connectivity index (χ1n) is 9.18. The largest absolute Gasteiger partial charge is 0.448 e. The molecule has 1 aromatic heterocycles. The lowest BCUT2D eigenvalue weighted by atomic mass is 10.1. The van der Waals surface area contributed by atoms with Crippen LogP contribution in [0.25, 0.3) is 11.3 Å². The molecule has 0 spiro atoms. The number of hydrogen-bond acceptors (Lipinski definition) is 5. The lowest BCUT2D eigenvalue weighted by molar-refractivity contribution is -0.133. The van der Waals surface area contributed by atoms with Crippen LogP contribution in [0, 0.1) is 11.8 Å². The number of furan rings is 1. The van der Waals surface area contributed by atoms with Gasteiger partial charge in [-0.05, 0) is 49.2 Å². The summed E-state index contributed by atoms with van der Waals surface area (Å²) in [6.07, 6.45) is -1.18. The number of nitrogens with one attached hydrogen (secondary N) is 2. The summed E-state index contributed by atoms with van der Waals surface area (Å²) >= 11 is 0. The second-order valence-corrected chi connectivity index (χ2v) is 6.53. The monoisotopic (exact) mass is 404 g/mol. The van der Waals surface area contributed by atoms with E-state index in [1.165, 1.54) is 12.4 Å². The van der Waals surface area contributed by atoms with Crippen molar-refractivity contribution in [2.75, 3.05) is 0 Å². The quantitative estimate of drug-likeness (QED) is 0.296. The average molecular weight is 404 g/mol. The summed E-state index contributed by atoms with van der Waals surface area (Å²) in [5, 5.41) is 20.7. The summed E-state index contributed by atoms with van der Waals surface area (Å²) in [6.45, 7) is 1.33. The van der Waals surface area contributed by atoms with Crippen molar-refractivity contribution in [1.82, 2.24) is 10.8 Å². The molecule has 2 atom stereocenters. The SMILES string of the molecule is C[C@@H](O)[C@H](NC(=O)c1ccc(C#Cc2ccc(-c3ccccc3)o2)cc1)C(=O)NO. The van der Waals surface area contributed by atoms with Crippen molar-refractivity contribution >= 4 is 11.8 Å². The molecule has 7 heteroatoms. The number of aliphatic hydroxyl groups excluding tert-OH is 1. The van der Waals surface area contributed by atoms with E-state index in [2.05, 4.69) is 17.2 Å². The van der Waals surface area contributed by atoms with E-state index >= 15 is 0 Å². The zero-order valence-electron chi connectivity index (χ0n) is 16.1. The topological polar surface area (TPSA) is 112 Å². The van der Waals surface area contributed by atoms with Crippen LogP contribution in [0.3, 0.4) is 0 Å². The van der Waals surface area contributed by atoms with E-state index in [1.54, 1.807) is 30.3 Å². The van der Waals surface area contributed by atoms with E-state index in [-0.39, 0.29) is 5.56 Å². The highest BCUT2D eigenvalue weighted by Gasteiger charge is 2.25. The molecule has 0 saturated heterocycles. The zero-order chi connectivity index (χ0) is 21.5. The molecule has 30 heavy (non-hydrogen) atoms. The van der Waals surface area contributed by atoms with Crippen LogP contribution in [0.15, 0.2) is 71.1 Å². The predicted octanol–water partition coefficient (Wildman–Crippen LogP) is 2.33. The molecule has 4 N–H and O–H groups in total. The van der Waals surface area contributed by atoms with Crippen molar-refractivity contribution in [3.63, 3.8) is 0 Å². The molecule has 0 aliphatic carbocycles. The molecule has 0 radical (unpaired) electrons. The molecule has 7 nitrogen and oxygen atoms in total. The van der Waals surface area contributed by atoms with Crippen molar-refractivity contribution in [2.24, 2.45) is 0 Å². The molecule has 0 saturated carbocycles. The van der Waals surface area contributed by atoms with Gasteiger partial charge in [0.1, 0.15) is 11.8 Å². The van der Waals surface area contributed by atoms with Gasteiger partial charge in [-0.25, -0.2) is 5.48 Å². The normalized spacial score (nSPS) is 12.2. The van der Waals surface area contributed by atoms with Gasteiger partial charge in [-0.15, -0.1) is 0 Å². The molecule has 2 aromatic carbocycles. The number of aliphatic hydroxyl groups is 1. The van der Waals surface area contributed by atoms with Gasteiger partial charge >= 0.3 is 0 Å². The molecule has 152 valence electrons. The Morgan fingerprint density at radius 3 is 2.30 bits per heavy atom. The van der Waals surface area contributed by atoms with Gasteiger partial charge in [0.2, 0.25) is 0 Å². The minimum Gasteiger partial charge on any atom is -0.448 e. The predicted molar refractivity (Wildman–Crippen MR) is 109 cm³/mol. The van der Waals surface area contributed by atoms with Gasteiger partial charge in [0.05, 0.1) is 6.10 Å². The Morgan fingerprint density at radius 2 is 1.67 bits per heavy atom. The maximum absolute atomic E-state index is 12.3. The van der Waals surface area contributed by atoms with E-state index in [9.17, 15) is 14.7 Å². The van der Waals surface area contributed by atoms with Crippen LogP contribution in [0.5, 0.6) is 0 Å². The fraction of sp³-hybridized carbons (Fsp3) is 0.130. The van der Waals surface area contributed by atoms with Crippen molar-refractivity contribution in [2.45, 2.75) is 19.1 Å². The second-order valence-electron chi connectivity index (χ2n) is 6.53. The number of amides is 2. The summed E-state index contributed by atoms with van der Waals surface area (Å²) in [6, 6.07) is 18.5. The molecule has 3 rings (SSSR count). The van der Waals surface area contributed by atoms with Gasteiger partial charge in [0.15, 0.2) is 5.76 Å². The maximum atomic E-state index is 12.3. The minimum atomic E-state index is -1.28. The van der Waals surface area contributed by atoms with Crippen LogP contribution in [0.1, 0.15) is 28.6 Å². The molecular formula is C23H20N2O5. The summed E-state index contributed by atoms with van der Waals surface area (Å²) in [7, 11) is 0. The van der Waals surface area contributed by atoms with Crippen LogP contribution in [0.2, 0.25) is 0 Å². The number of benzene rings is 2. The highest BCUT2D eigenvalue weighted by atomic mass is 16.5. The number of carbonyl (C=O) groups is 2. The Balaban J connectivity index is 1.68. The average Bonchev–Trinajstić information content (AvgIpc) is 3.25. The van der Waals surface area contributed by atoms with Crippen LogP contribution in [-0.2, 0) is 4.79 Å². The van der Waals surface area contributed by atoms with Crippen molar-refractivity contribution in [1.29, 1.82) is 0 Å². The van der Waals surface area contributed by atoms with Crippen molar-refractivity contribution in [3.8, 4) is 23.2 Å². The van der Waals surface area contributed by atoms with Crippen LogP contribution in [0.4, 0.5) is 0 Å². The third-order valence-electron chi connectivity index (χ3n) is 4.30. The third kappa shape index (κ3) is 5.14. The molecule has 0 bridgehead atoms. The lowest BCUT2D eigenvalue weighted by Gasteiger charge is -2.19. The maximum Gasteiger partial charge on any atom is 0.268 e. The van der Waals surface area contributed by atoms with Crippen molar-refractivity contribution < 1.29 is 24.3 Å². The highest BCUT2D eigenvalue weighted by molar-refractivity contribution is 5.97. The molecule has 0 aliphatic heterocycles. The van der Waals surface area contributed by atoms with Crippen LogP contribution in [-0.4, -0.2) is 34.3 Å². The number of carbonyl (C=O) groups excluding carboxylic acids is 2. The Hall–Kier alpha value is -3.86. The van der Waals surface area contributed by atoms with Crippen molar-refractivity contribution in [3.05, 3.63) is 83.6 Å². The van der Waals surface area contributed by atoms with Gasteiger partial charge in [-0.2, -0.15) is 0 Å². The van der Waals surface area contributed by atoms with Gasteiger partial charge in [-0.3, -0.25) is 14.8 Å². The molecule has 1 heterocycles. The molecule has 0 unspecified atom stereocenters. The first kappa shape index (κ1) is 20.9. The molecule has 3 aromatic rings. The standard InChI is InChI=1S/C23H20N2O5/c1-15(26)21(23(28)25-29)24-22(27)18-10-7-16(8-11-18)9-12-19-13-14-20(30-19)17-5-3-2-4-6-17/h2-8,10-11,13-15,21,26,29H,1H3,(H,24,27)(H,25,28)/t15-,21+/m1/s1. The summed E-state index contributed by atoms with van der Waals surface area (Å²) in [5.41, 5.74) is 3.33. The highest BCUT2D eigenvalue weighted by Crippen LogP contribution is 2.21. The Morgan fingerprint density at radius 1 is 0.967 bits per heavy atom. The summed E-state index contributed by atoms with van der Waals surface area (Å²) in [5.74, 6) is 5.68. The molecule has 2 amide bonds. The zero-order valence-corrected chi connectivity index (χ0v) is 16.1. The Labute approximate surface area is 173 Å². The van der Waals surface area contributed by atoms with E-state index in [1.807, 2.05) is 36.4 Å². The van der Waals surface area contributed by atoms with Gasteiger partial charge in [0, 0.05) is 16.7 Å². The Kier molecular flexibility index (Phi) is 6.65. The smallest absolute Gasteiger partial charge is 0.268 e. The number of rotatable bonds is 5. The first-order chi connectivity index (χ1) is 14.5. The van der Waals surface area contributed by atoms with Crippen LogP contribution >= 0.6 is 0 Å². The first-order valence-corrected chi connectivity index (χ1v) is 9.18. The summed E-state index contributed by atoms with van der Waals surface area (Å²) in [4.78, 5) is 23.8. The number of hydrogen-bond donors (Lipinski definition) is 4. The second kappa shape index (κ2) is 9.56. The van der Waals surface area contributed by atoms with Gasteiger partial charge in [0.25, 0.3) is 11.8 Å². The minimum absolute atomic E-state index is 0.279. The lowest BCUT2D eigenvalue weighted by Crippen LogP contribution is -2.51. The summed E-state index contributed by atoms with van der Waals surface area (Å²) < 4.78 is 5.73. The van der Waals surface area contributed by atoms with E-state index in [0.717, 1.165) is 11.3 Å². The van der Waals surface area contributed by atoms with Crippen LogP contribution < -0.4 is 10.8 Å². The van der Waals surface area contributed by atoms with Gasteiger partial charge in [-0.1, -0.05) is 36.3 Å². The molecule has 0 aliphatic rings. The van der Waals surface area contributed by atoms with E-state index < -0.39 is 24.0 Å². The van der Waals surface area contributed by atoms with E-state index in [0.29, 0.717) is 11.3 Å².